The molecule has 9 heteroatoms. The number of thioether (sulfide) groups is 1. The topological polar surface area (TPSA) is 82.1 Å². The van der Waals surface area contributed by atoms with Gasteiger partial charge in [-0.1, -0.05) is 24.3 Å². The van der Waals surface area contributed by atoms with Crippen molar-refractivity contribution in [2.24, 2.45) is 0 Å². The van der Waals surface area contributed by atoms with Gasteiger partial charge in [-0.15, -0.1) is 0 Å². The molecule has 2 amide bonds. The number of halogens is 1. The molecule has 2 aromatic carbocycles. The maximum absolute atomic E-state index is 13.8. The summed E-state index contributed by atoms with van der Waals surface area (Å²) in [6.07, 6.45) is 1.52. The van der Waals surface area contributed by atoms with Crippen molar-refractivity contribution in [3.8, 4) is 11.5 Å². The summed E-state index contributed by atoms with van der Waals surface area (Å²) in [6.45, 7) is -0.417. The lowest BCUT2D eigenvalue weighted by Crippen LogP contribution is -2.34. The molecule has 3 rings (SSSR count). The fourth-order valence-corrected chi connectivity index (χ4v) is 3.48. The molecule has 0 radical (unpaired) electrons. The Balaban J connectivity index is 1.76. The maximum atomic E-state index is 13.8. The molecule has 1 aliphatic rings. The van der Waals surface area contributed by atoms with Gasteiger partial charge in [-0.25, -0.2) is 4.39 Å². The molecule has 7 nitrogen and oxygen atoms in total. The van der Waals surface area contributed by atoms with E-state index in [2.05, 4.69) is 4.74 Å². The Morgan fingerprint density at radius 2 is 1.90 bits per heavy atom. The van der Waals surface area contributed by atoms with Crippen LogP contribution < -0.4 is 9.47 Å². The lowest BCUT2D eigenvalue weighted by Gasteiger charge is -2.12. The number of hydrogen-bond donors (Lipinski definition) is 0. The molecule has 0 aliphatic carbocycles. The highest BCUT2D eigenvalue weighted by Gasteiger charge is 2.36. The van der Waals surface area contributed by atoms with E-state index in [0.29, 0.717) is 22.6 Å². The number of ether oxygens (including phenoxy) is 3. The summed E-state index contributed by atoms with van der Waals surface area (Å²) in [6, 6.07) is 11.2. The number of amides is 2. The van der Waals surface area contributed by atoms with Gasteiger partial charge in [0.05, 0.1) is 19.1 Å². The highest BCUT2D eigenvalue weighted by Crippen LogP contribution is 2.34. The smallest absolute Gasteiger partial charge is 0.325 e. The Hall–Kier alpha value is -3.33. The second-order valence-corrected chi connectivity index (χ2v) is 7.13. The van der Waals surface area contributed by atoms with Crippen LogP contribution in [0.15, 0.2) is 47.4 Å². The number of benzene rings is 2. The number of nitrogens with zero attached hydrogens (tertiary/aromatic N) is 1. The van der Waals surface area contributed by atoms with Crippen LogP contribution in [0.3, 0.4) is 0 Å². The van der Waals surface area contributed by atoms with E-state index in [0.717, 1.165) is 16.7 Å². The number of imide groups is 1. The van der Waals surface area contributed by atoms with Crippen molar-refractivity contribution in [2.75, 3.05) is 20.8 Å². The molecule has 0 unspecified atom stereocenters. The lowest BCUT2D eigenvalue weighted by molar-refractivity contribution is -0.143. The molecule has 30 heavy (non-hydrogen) atoms. The molecule has 0 atom stereocenters. The summed E-state index contributed by atoms with van der Waals surface area (Å²) in [4.78, 5) is 36.8. The van der Waals surface area contributed by atoms with Gasteiger partial charge in [-0.2, -0.15) is 0 Å². The van der Waals surface area contributed by atoms with Crippen LogP contribution in [0.1, 0.15) is 11.1 Å². The fraction of sp³-hybridized carbons (Fsp3) is 0.190. The van der Waals surface area contributed by atoms with Crippen molar-refractivity contribution >= 4 is 35.0 Å². The van der Waals surface area contributed by atoms with E-state index in [1.807, 2.05) is 0 Å². The standard InChI is InChI=1S/C21H18FNO6S/c1-27-17-9-13(7-8-16(17)29-12-14-5-3-4-6-15(14)22)10-18-20(25)23(21(26)30-18)11-19(24)28-2/h3-10H,11-12H2,1-2H3/b18-10+. The minimum Gasteiger partial charge on any atom is -0.493 e. The van der Waals surface area contributed by atoms with Crippen molar-refractivity contribution < 1.29 is 33.0 Å². The summed E-state index contributed by atoms with van der Waals surface area (Å²) < 4.78 is 29.2. The number of esters is 1. The van der Waals surface area contributed by atoms with Crippen molar-refractivity contribution in [1.82, 2.24) is 4.90 Å². The van der Waals surface area contributed by atoms with Gasteiger partial charge in [-0.05, 0) is 41.6 Å². The molecule has 0 spiro atoms. The minimum atomic E-state index is -0.684. The van der Waals surface area contributed by atoms with Crippen molar-refractivity contribution in [3.63, 3.8) is 0 Å². The Kier molecular flexibility index (Phi) is 6.73. The molecule has 156 valence electrons. The predicted molar refractivity (Wildman–Crippen MR) is 108 cm³/mol. The van der Waals surface area contributed by atoms with Crippen LogP contribution in [-0.2, 0) is 20.9 Å². The number of carbonyl (C=O) groups is 3. The lowest BCUT2D eigenvalue weighted by atomic mass is 10.1. The zero-order valence-electron chi connectivity index (χ0n) is 16.2. The number of carbonyl (C=O) groups excluding carboxylic acids is 3. The summed E-state index contributed by atoms with van der Waals surface area (Å²) in [5.74, 6) is -0.841. The van der Waals surface area contributed by atoms with Crippen LogP contribution in [0.2, 0.25) is 0 Å². The van der Waals surface area contributed by atoms with E-state index >= 15 is 0 Å². The first-order chi connectivity index (χ1) is 14.4. The molecular weight excluding hydrogens is 413 g/mol. The molecule has 1 heterocycles. The van der Waals surface area contributed by atoms with Gasteiger partial charge < -0.3 is 14.2 Å². The summed E-state index contributed by atoms with van der Waals surface area (Å²) in [5, 5.41) is -0.548. The van der Waals surface area contributed by atoms with Crippen molar-refractivity contribution in [1.29, 1.82) is 0 Å². The Labute approximate surface area is 176 Å². The fourth-order valence-electron chi connectivity index (χ4n) is 2.65. The molecule has 0 N–H and O–H groups in total. The molecule has 1 fully saturated rings. The normalized spacial score (nSPS) is 14.9. The van der Waals surface area contributed by atoms with Crippen LogP contribution in [0.5, 0.6) is 11.5 Å². The molecular formula is C21H18FNO6S. The third-order valence-electron chi connectivity index (χ3n) is 4.21. The van der Waals surface area contributed by atoms with Gasteiger partial charge >= 0.3 is 5.97 Å². The highest BCUT2D eigenvalue weighted by atomic mass is 32.2. The predicted octanol–water partition coefficient (Wildman–Crippen LogP) is 3.62. The quantitative estimate of drug-likeness (QED) is 0.489. The van der Waals surface area contributed by atoms with E-state index in [1.54, 1.807) is 36.4 Å². The first kappa shape index (κ1) is 21.4. The molecule has 2 aromatic rings. The monoisotopic (exact) mass is 431 g/mol. The highest BCUT2D eigenvalue weighted by molar-refractivity contribution is 8.18. The second kappa shape index (κ2) is 9.45. The van der Waals surface area contributed by atoms with Crippen LogP contribution in [0.25, 0.3) is 6.08 Å². The number of methoxy groups -OCH3 is 2. The summed E-state index contributed by atoms with van der Waals surface area (Å²) in [5.41, 5.74) is 0.997. The average molecular weight is 431 g/mol. The van der Waals surface area contributed by atoms with Gasteiger partial charge in [0.15, 0.2) is 11.5 Å². The molecule has 0 bridgehead atoms. The van der Waals surface area contributed by atoms with E-state index < -0.39 is 23.7 Å². The Bertz CT molecular complexity index is 1020. The minimum absolute atomic E-state index is 0.0226. The maximum Gasteiger partial charge on any atom is 0.325 e. The second-order valence-electron chi connectivity index (χ2n) is 6.13. The van der Waals surface area contributed by atoms with Gasteiger partial charge in [0, 0.05) is 5.56 Å². The number of hydrogen-bond acceptors (Lipinski definition) is 7. The van der Waals surface area contributed by atoms with Crippen LogP contribution in [0, 0.1) is 5.82 Å². The van der Waals surface area contributed by atoms with Crippen LogP contribution in [0.4, 0.5) is 9.18 Å². The first-order valence-corrected chi connectivity index (χ1v) is 9.61. The van der Waals surface area contributed by atoms with Crippen molar-refractivity contribution in [2.45, 2.75) is 6.61 Å². The van der Waals surface area contributed by atoms with Gasteiger partial charge in [0.1, 0.15) is 19.0 Å². The first-order valence-electron chi connectivity index (χ1n) is 8.79. The average Bonchev–Trinajstić information content (AvgIpc) is 3.00. The van der Waals surface area contributed by atoms with Crippen molar-refractivity contribution in [3.05, 3.63) is 64.3 Å². The molecule has 0 saturated carbocycles. The molecule has 0 aromatic heterocycles. The largest absolute Gasteiger partial charge is 0.493 e. The molecule has 1 aliphatic heterocycles. The van der Waals surface area contributed by atoms with Gasteiger partial charge in [-0.3, -0.25) is 19.3 Å². The zero-order valence-corrected chi connectivity index (χ0v) is 17.0. The zero-order chi connectivity index (χ0) is 21.7. The number of rotatable bonds is 7. The van der Waals surface area contributed by atoms with Gasteiger partial charge in [0.2, 0.25) is 0 Å². The summed E-state index contributed by atoms with van der Waals surface area (Å²) >= 11 is 0.733. The van der Waals surface area contributed by atoms with E-state index in [-0.39, 0.29) is 17.3 Å². The SMILES string of the molecule is COC(=O)CN1C(=O)S/C(=C/c2ccc(OCc3ccccc3F)c(OC)c2)C1=O. The van der Waals surface area contributed by atoms with Crippen LogP contribution in [-0.4, -0.2) is 42.8 Å². The van der Waals surface area contributed by atoms with E-state index in [4.69, 9.17) is 9.47 Å². The molecule has 1 saturated heterocycles. The summed E-state index contributed by atoms with van der Waals surface area (Å²) in [7, 11) is 2.64. The third kappa shape index (κ3) is 4.80. The van der Waals surface area contributed by atoms with E-state index in [1.165, 1.54) is 26.4 Å². The van der Waals surface area contributed by atoms with Gasteiger partial charge in [0.25, 0.3) is 11.1 Å². The van der Waals surface area contributed by atoms with Crippen LogP contribution >= 0.6 is 11.8 Å². The Morgan fingerprint density at radius 3 is 2.60 bits per heavy atom. The third-order valence-corrected chi connectivity index (χ3v) is 5.12. The Morgan fingerprint density at radius 1 is 1.13 bits per heavy atom. The van der Waals surface area contributed by atoms with E-state index in [9.17, 15) is 18.8 Å².